The number of hydrogen-bond acceptors (Lipinski definition) is 4. The van der Waals surface area contributed by atoms with Gasteiger partial charge in [0.1, 0.15) is 12.1 Å². The van der Waals surface area contributed by atoms with E-state index in [-0.39, 0.29) is 5.54 Å². The van der Waals surface area contributed by atoms with E-state index in [2.05, 4.69) is 35.2 Å². The van der Waals surface area contributed by atoms with Crippen LogP contribution in [0.1, 0.15) is 51.6 Å². The summed E-state index contributed by atoms with van der Waals surface area (Å²) in [6.07, 6.45) is 8.60. The van der Waals surface area contributed by atoms with Crippen LogP contribution in [-0.2, 0) is 6.42 Å². The molecule has 0 aromatic carbocycles. The van der Waals surface area contributed by atoms with Crippen LogP contribution in [0.2, 0.25) is 0 Å². The maximum atomic E-state index is 6.04. The predicted molar refractivity (Wildman–Crippen MR) is 79.1 cm³/mol. The fraction of sp³-hybridized carbons (Fsp3) is 0.733. The van der Waals surface area contributed by atoms with Gasteiger partial charge in [-0.3, -0.25) is 0 Å². The van der Waals surface area contributed by atoms with Gasteiger partial charge in [-0.25, -0.2) is 9.97 Å². The summed E-state index contributed by atoms with van der Waals surface area (Å²) in [5, 5.41) is 3.60. The molecule has 2 unspecified atom stereocenters. The van der Waals surface area contributed by atoms with Crippen molar-refractivity contribution in [3.63, 3.8) is 0 Å². The molecular weight excluding hydrogens is 236 g/mol. The van der Waals surface area contributed by atoms with Crippen LogP contribution >= 0.6 is 0 Å². The monoisotopic (exact) mass is 262 g/mol. The second-order valence-corrected chi connectivity index (χ2v) is 5.96. The first kappa shape index (κ1) is 14.3. The van der Waals surface area contributed by atoms with Crippen molar-refractivity contribution in [3.05, 3.63) is 18.1 Å². The summed E-state index contributed by atoms with van der Waals surface area (Å²) in [7, 11) is 0. The molecule has 2 rings (SSSR count). The molecule has 0 radical (unpaired) electrons. The van der Waals surface area contributed by atoms with Gasteiger partial charge in [0, 0.05) is 18.3 Å². The van der Waals surface area contributed by atoms with Gasteiger partial charge < -0.3 is 11.1 Å². The Bertz CT molecular complexity index is 407. The third-order valence-corrected chi connectivity index (χ3v) is 4.11. The van der Waals surface area contributed by atoms with Crippen molar-refractivity contribution in [2.24, 2.45) is 11.7 Å². The predicted octanol–water partition coefficient (Wildman–Crippen LogP) is 2.75. The Labute approximate surface area is 116 Å². The normalized spacial score (nSPS) is 27.2. The molecule has 1 fully saturated rings. The van der Waals surface area contributed by atoms with Crippen LogP contribution in [-0.4, -0.2) is 22.1 Å². The minimum atomic E-state index is 0.0233. The second-order valence-electron chi connectivity index (χ2n) is 5.96. The molecule has 2 atom stereocenters. The first-order valence-electron chi connectivity index (χ1n) is 7.46. The third kappa shape index (κ3) is 3.66. The smallest absolute Gasteiger partial charge is 0.130 e. The number of hydrogen-bond donors (Lipinski definition) is 2. The van der Waals surface area contributed by atoms with Gasteiger partial charge in [0.05, 0.1) is 5.54 Å². The zero-order valence-electron chi connectivity index (χ0n) is 12.2. The highest BCUT2D eigenvalue weighted by Crippen LogP contribution is 2.34. The Hall–Kier alpha value is -1.16. The topological polar surface area (TPSA) is 63.8 Å². The van der Waals surface area contributed by atoms with Crippen LogP contribution in [0.3, 0.4) is 0 Å². The van der Waals surface area contributed by atoms with Crippen molar-refractivity contribution in [3.8, 4) is 0 Å². The maximum Gasteiger partial charge on any atom is 0.130 e. The van der Waals surface area contributed by atoms with Crippen molar-refractivity contribution in [2.75, 3.05) is 11.9 Å². The van der Waals surface area contributed by atoms with E-state index < -0.39 is 0 Å². The Morgan fingerprint density at radius 2 is 2.32 bits per heavy atom. The molecule has 0 aliphatic heterocycles. The fourth-order valence-electron chi connectivity index (χ4n) is 3.14. The van der Waals surface area contributed by atoms with Gasteiger partial charge in [-0.05, 0) is 25.2 Å². The SMILES string of the molecule is CCCc1cc(NC2(CN)CCCC(C)C2)ncn1. The molecule has 1 aromatic rings. The standard InChI is InChI=1S/C15H26N4/c1-3-5-13-8-14(18-11-17-13)19-15(10-16)7-4-6-12(2)9-15/h8,11-12H,3-7,9-10,16H2,1-2H3,(H,17,18,19). The number of aryl methyl sites for hydroxylation is 1. The lowest BCUT2D eigenvalue weighted by molar-refractivity contribution is 0.263. The number of rotatable bonds is 5. The van der Waals surface area contributed by atoms with Gasteiger partial charge in [-0.2, -0.15) is 0 Å². The van der Waals surface area contributed by atoms with Gasteiger partial charge in [-0.15, -0.1) is 0 Å². The first-order valence-corrected chi connectivity index (χ1v) is 7.46. The highest BCUT2D eigenvalue weighted by atomic mass is 15.1. The quantitative estimate of drug-likeness (QED) is 0.856. The lowest BCUT2D eigenvalue weighted by Crippen LogP contribution is -2.48. The summed E-state index contributed by atoms with van der Waals surface area (Å²) in [6, 6.07) is 2.07. The Morgan fingerprint density at radius 3 is 3.00 bits per heavy atom. The molecule has 0 amide bonds. The van der Waals surface area contributed by atoms with Crippen LogP contribution in [0.5, 0.6) is 0 Å². The number of nitrogens with two attached hydrogens (primary N) is 1. The minimum absolute atomic E-state index is 0.0233. The van der Waals surface area contributed by atoms with E-state index in [1.54, 1.807) is 6.33 Å². The molecule has 3 N–H and O–H groups in total. The average molecular weight is 262 g/mol. The first-order chi connectivity index (χ1) is 9.17. The van der Waals surface area contributed by atoms with E-state index in [1.807, 2.05) is 0 Å². The highest BCUT2D eigenvalue weighted by molar-refractivity contribution is 5.39. The average Bonchev–Trinajstić information content (AvgIpc) is 2.39. The minimum Gasteiger partial charge on any atom is -0.363 e. The molecule has 19 heavy (non-hydrogen) atoms. The highest BCUT2D eigenvalue weighted by Gasteiger charge is 2.33. The molecule has 106 valence electrons. The number of nitrogens with zero attached hydrogens (tertiary/aromatic N) is 2. The molecule has 0 spiro atoms. The fourth-order valence-corrected chi connectivity index (χ4v) is 3.14. The summed E-state index contributed by atoms with van der Waals surface area (Å²) in [6.45, 7) is 5.15. The summed E-state index contributed by atoms with van der Waals surface area (Å²) < 4.78 is 0. The van der Waals surface area contributed by atoms with E-state index >= 15 is 0 Å². The lowest BCUT2D eigenvalue weighted by atomic mass is 9.76. The van der Waals surface area contributed by atoms with Crippen LogP contribution in [0.25, 0.3) is 0 Å². The molecular formula is C15H26N4. The Kier molecular flexibility index (Phi) is 4.75. The Balaban J connectivity index is 2.11. The summed E-state index contributed by atoms with van der Waals surface area (Å²) in [5.41, 5.74) is 7.17. The van der Waals surface area contributed by atoms with Crippen molar-refractivity contribution in [2.45, 2.75) is 57.9 Å². The van der Waals surface area contributed by atoms with Crippen LogP contribution in [0, 0.1) is 5.92 Å². The second kappa shape index (κ2) is 6.33. The van der Waals surface area contributed by atoms with Gasteiger partial charge in [0.2, 0.25) is 0 Å². The lowest BCUT2D eigenvalue weighted by Gasteiger charge is -2.40. The van der Waals surface area contributed by atoms with E-state index in [1.165, 1.54) is 12.8 Å². The molecule has 1 heterocycles. The van der Waals surface area contributed by atoms with E-state index in [0.29, 0.717) is 6.54 Å². The van der Waals surface area contributed by atoms with Crippen LogP contribution in [0.15, 0.2) is 12.4 Å². The molecule has 4 heteroatoms. The maximum absolute atomic E-state index is 6.04. The molecule has 0 bridgehead atoms. The molecule has 1 saturated carbocycles. The number of aromatic nitrogens is 2. The molecule has 0 saturated heterocycles. The van der Waals surface area contributed by atoms with Crippen molar-refractivity contribution in [1.29, 1.82) is 0 Å². The number of anilines is 1. The Morgan fingerprint density at radius 1 is 1.47 bits per heavy atom. The van der Waals surface area contributed by atoms with Crippen molar-refractivity contribution >= 4 is 5.82 Å². The summed E-state index contributed by atoms with van der Waals surface area (Å²) in [5.74, 6) is 1.67. The summed E-state index contributed by atoms with van der Waals surface area (Å²) >= 11 is 0. The van der Waals surface area contributed by atoms with Crippen molar-refractivity contribution in [1.82, 2.24) is 9.97 Å². The zero-order chi connectivity index (χ0) is 13.7. The van der Waals surface area contributed by atoms with Crippen molar-refractivity contribution < 1.29 is 0 Å². The van der Waals surface area contributed by atoms with Gasteiger partial charge in [0.15, 0.2) is 0 Å². The van der Waals surface area contributed by atoms with E-state index in [4.69, 9.17) is 5.73 Å². The van der Waals surface area contributed by atoms with E-state index in [9.17, 15) is 0 Å². The molecule has 1 aromatic heterocycles. The van der Waals surface area contributed by atoms with Crippen LogP contribution in [0.4, 0.5) is 5.82 Å². The molecule has 1 aliphatic carbocycles. The van der Waals surface area contributed by atoms with Gasteiger partial charge in [0.25, 0.3) is 0 Å². The zero-order valence-corrected chi connectivity index (χ0v) is 12.2. The van der Waals surface area contributed by atoms with Crippen LogP contribution < -0.4 is 11.1 Å². The molecule has 4 nitrogen and oxygen atoms in total. The van der Waals surface area contributed by atoms with E-state index in [0.717, 1.165) is 43.1 Å². The van der Waals surface area contributed by atoms with Gasteiger partial charge in [-0.1, -0.05) is 33.1 Å². The molecule has 1 aliphatic rings. The summed E-state index contributed by atoms with van der Waals surface area (Å²) in [4.78, 5) is 8.66. The van der Waals surface area contributed by atoms with Gasteiger partial charge >= 0.3 is 0 Å². The largest absolute Gasteiger partial charge is 0.363 e. The third-order valence-electron chi connectivity index (χ3n) is 4.11. The number of nitrogens with one attached hydrogen (secondary N) is 1.